The van der Waals surface area contributed by atoms with E-state index >= 15 is 0 Å². The first-order chi connectivity index (χ1) is 24.8. The molecule has 0 bridgehead atoms. The van der Waals surface area contributed by atoms with Gasteiger partial charge in [-0.05, 0) is 104 Å². The van der Waals surface area contributed by atoms with Crippen molar-refractivity contribution in [2.45, 2.75) is 25.7 Å². The lowest BCUT2D eigenvalue weighted by Crippen LogP contribution is -2.46. The molecular weight excluding hydrogens is 659 g/mol. The Kier molecular flexibility index (Phi) is 10.6. The maximum absolute atomic E-state index is 6.16. The molecule has 0 saturated carbocycles. The summed E-state index contributed by atoms with van der Waals surface area (Å²) in [4.78, 5) is 15.1. The van der Waals surface area contributed by atoms with Crippen LogP contribution >= 0.6 is 22.7 Å². The van der Waals surface area contributed by atoms with E-state index in [4.69, 9.17) is 14.5 Å². The van der Waals surface area contributed by atoms with Crippen LogP contribution in [0.3, 0.4) is 0 Å². The number of hydrogen-bond donors (Lipinski definition) is 0. The van der Waals surface area contributed by atoms with Gasteiger partial charge in [-0.25, -0.2) is 4.98 Å². The maximum atomic E-state index is 6.16. The molecule has 2 aliphatic rings. The molecule has 2 aliphatic heterocycles. The zero-order valence-electron chi connectivity index (χ0n) is 28.8. The number of rotatable bonds is 14. The number of fused-ring (bicyclic) bond motifs is 3. The highest BCUT2D eigenvalue weighted by molar-refractivity contribution is 7.17. The third-order valence-corrected chi connectivity index (χ3v) is 12.0. The standard InChI is InChI=1S/C41H47N5O2S2/c1(17-43-19-23-45(24-20-43)37-7-5-9-39-34(37)15-29-49-39)3-27-47-33-13-11-32-12-14-41(42-36(32)31-33)48-28-4-2-18-44-21-25-46(26-22-44)38-8-6-10-40-35(38)16-30-50-40/h5-16,29-31H,1-4,17-28H2. The van der Waals surface area contributed by atoms with Crippen molar-refractivity contribution in [3.63, 3.8) is 0 Å². The first-order valence-corrected chi connectivity index (χ1v) is 20.1. The summed E-state index contributed by atoms with van der Waals surface area (Å²) in [6.07, 6.45) is 4.35. The average molecular weight is 706 g/mol. The Labute approximate surface area is 303 Å². The normalized spacial score (nSPS) is 16.2. The average Bonchev–Trinajstić information content (AvgIpc) is 3.85. The van der Waals surface area contributed by atoms with Crippen LogP contribution in [0.5, 0.6) is 11.6 Å². The molecule has 0 N–H and O–H groups in total. The van der Waals surface area contributed by atoms with Crippen molar-refractivity contribution in [3.8, 4) is 11.6 Å². The van der Waals surface area contributed by atoms with Gasteiger partial charge in [0.05, 0.1) is 18.7 Å². The lowest BCUT2D eigenvalue weighted by molar-refractivity contribution is 0.237. The molecule has 3 aromatic carbocycles. The summed E-state index contributed by atoms with van der Waals surface area (Å²) in [7, 11) is 0. The number of pyridine rings is 1. The number of aromatic nitrogens is 1. The molecule has 2 fully saturated rings. The Hall–Kier alpha value is -3.89. The van der Waals surface area contributed by atoms with Gasteiger partial charge in [-0.2, -0.15) is 0 Å². The van der Waals surface area contributed by atoms with Crippen LogP contribution in [0.4, 0.5) is 11.4 Å². The van der Waals surface area contributed by atoms with Crippen molar-refractivity contribution in [2.75, 3.05) is 88.5 Å². The highest BCUT2D eigenvalue weighted by Gasteiger charge is 2.20. The predicted octanol–water partition coefficient (Wildman–Crippen LogP) is 8.63. The van der Waals surface area contributed by atoms with Crippen LogP contribution in [0.15, 0.2) is 89.6 Å². The number of ether oxygens (including phenoxy) is 2. The fourth-order valence-electron chi connectivity index (χ4n) is 7.42. The largest absolute Gasteiger partial charge is 0.494 e. The minimum absolute atomic E-state index is 0.689. The molecule has 7 nitrogen and oxygen atoms in total. The Balaban J connectivity index is 0.715. The van der Waals surface area contributed by atoms with Crippen LogP contribution in [-0.4, -0.2) is 93.4 Å². The number of nitrogens with zero attached hydrogens (tertiary/aromatic N) is 5. The summed E-state index contributed by atoms with van der Waals surface area (Å²) in [5.74, 6) is 1.57. The van der Waals surface area contributed by atoms with Crippen molar-refractivity contribution in [1.82, 2.24) is 14.8 Å². The highest BCUT2D eigenvalue weighted by Crippen LogP contribution is 2.32. The van der Waals surface area contributed by atoms with Gasteiger partial charge in [0.25, 0.3) is 0 Å². The van der Waals surface area contributed by atoms with Gasteiger partial charge in [0, 0.05) is 101 Å². The van der Waals surface area contributed by atoms with Gasteiger partial charge < -0.3 is 19.3 Å². The van der Waals surface area contributed by atoms with Crippen LogP contribution < -0.4 is 19.3 Å². The van der Waals surface area contributed by atoms with Gasteiger partial charge in [-0.3, -0.25) is 9.80 Å². The fourth-order valence-corrected chi connectivity index (χ4v) is 9.04. The van der Waals surface area contributed by atoms with Crippen LogP contribution in [-0.2, 0) is 0 Å². The minimum atomic E-state index is 0.689. The minimum Gasteiger partial charge on any atom is -0.494 e. The van der Waals surface area contributed by atoms with E-state index in [-0.39, 0.29) is 0 Å². The molecule has 0 aliphatic carbocycles. The molecule has 3 aromatic heterocycles. The van der Waals surface area contributed by atoms with Crippen molar-refractivity contribution >= 4 is 65.1 Å². The number of hydrogen-bond acceptors (Lipinski definition) is 9. The molecule has 0 radical (unpaired) electrons. The molecule has 0 atom stereocenters. The van der Waals surface area contributed by atoms with E-state index in [1.807, 2.05) is 34.8 Å². The van der Waals surface area contributed by atoms with Gasteiger partial charge >= 0.3 is 0 Å². The first-order valence-electron chi connectivity index (χ1n) is 18.3. The number of piperazine rings is 2. The van der Waals surface area contributed by atoms with Gasteiger partial charge in [0.1, 0.15) is 5.75 Å². The number of benzene rings is 3. The van der Waals surface area contributed by atoms with Crippen molar-refractivity contribution in [3.05, 3.63) is 89.6 Å². The first kappa shape index (κ1) is 33.3. The van der Waals surface area contributed by atoms with Gasteiger partial charge in [-0.15, -0.1) is 22.7 Å². The lowest BCUT2D eigenvalue weighted by atomic mass is 10.2. The maximum Gasteiger partial charge on any atom is 0.213 e. The van der Waals surface area contributed by atoms with Crippen molar-refractivity contribution in [2.24, 2.45) is 0 Å². The van der Waals surface area contributed by atoms with Gasteiger partial charge in [-0.1, -0.05) is 12.1 Å². The quantitative estimate of drug-likeness (QED) is 0.105. The Morgan fingerprint density at radius 3 is 1.72 bits per heavy atom. The van der Waals surface area contributed by atoms with E-state index in [0.29, 0.717) is 12.5 Å². The topological polar surface area (TPSA) is 44.3 Å². The summed E-state index contributed by atoms with van der Waals surface area (Å²) in [6, 6.07) is 28.2. The van der Waals surface area contributed by atoms with Crippen LogP contribution in [0, 0.1) is 0 Å². The molecule has 0 unspecified atom stereocenters. The summed E-state index contributed by atoms with van der Waals surface area (Å²) >= 11 is 3.66. The van der Waals surface area contributed by atoms with E-state index < -0.39 is 0 Å². The smallest absolute Gasteiger partial charge is 0.213 e. The molecule has 8 rings (SSSR count). The second kappa shape index (κ2) is 16.0. The third kappa shape index (κ3) is 7.86. The second-order valence-electron chi connectivity index (χ2n) is 13.5. The Morgan fingerprint density at radius 2 is 1.12 bits per heavy atom. The molecule has 9 heteroatoms. The Morgan fingerprint density at radius 1 is 0.560 bits per heavy atom. The molecule has 2 saturated heterocycles. The summed E-state index contributed by atoms with van der Waals surface area (Å²) < 4.78 is 15.0. The summed E-state index contributed by atoms with van der Waals surface area (Å²) in [5, 5.41) is 8.29. The molecule has 5 heterocycles. The summed E-state index contributed by atoms with van der Waals surface area (Å²) in [5.41, 5.74) is 3.70. The molecular formula is C41H47N5O2S2. The summed E-state index contributed by atoms with van der Waals surface area (Å²) in [6.45, 7) is 12.5. The lowest BCUT2D eigenvalue weighted by Gasteiger charge is -2.36. The number of anilines is 2. The van der Waals surface area contributed by atoms with Crippen molar-refractivity contribution in [1.29, 1.82) is 0 Å². The highest BCUT2D eigenvalue weighted by atomic mass is 32.1. The molecule has 260 valence electrons. The third-order valence-electron chi connectivity index (χ3n) is 10.3. The van der Waals surface area contributed by atoms with Crippen LogP contribution in [0.25, 0.3) is 31.1 Å². The zero-order chi connectivity index (χ0) is 33.5. The van der Waals surface area contributed by atoms with E-state index in [1.54, 1.807) is 0 Å². The van der Waals surface area contributed by atoms with E-state index in [9.17, 15) is 0 Å². The molecule has 0 amide bonds. The van der Waals surface area contributed by atoms with Gasteiger partial charge in [0.15, 0.2) is 0 Å². The molecule has 50 heavy (non-hydrogen) atoms. The number of thiophene rings is 2. The second-order valence-corrected chi connectivity index (χ2v) is 15.4. The van der Waals surface area contributed by atoms with Gasteiger partial charge in [0.2, 0.25) is 5.88 Å². The van der Waals surface area contributed by atoms with E-state index in [1.165, 1.54) is 31.5 Å². The molecule has 0 spiro atoms. The zero-order valence-corrected chi connectivity index (χ0v) is 30.5. The van der Waals surface area contributed by atoms with E-state index in [2.05, 4.69) is 97.1 Å². The van der Waals surface area contributed by atoms with Crippen LogP contribution in [0.2, 0.25) is 0 Å². The monoisotopic (exact) mass is 705 g/mol. The fraction of sp³-hybridized carbons (Fsp3) is 0.390. The SMILES string of the molecule is c1cc(N2CCN(CCCCOc3ccc4ccc(OCCCCN5CCN(c6cccc7sccc67)CC5)nc4c3)CC2)c2ccsc2c1. The predicted molar refractivity (Wildman–Crippen MR) is 212 cm³/mol. The van der Waals surface area contributed by atoms with Crippen molar-refractivity contribution < 1.29 is 9.47 Å². The molecule has 6 aromatic rings. The Bertz CT molecular complexity index is 1850. The van der Waals surface area contributed by atoms with Crippen LogP contribution in [0.1, 0.15) is 25.7 Å². The number of unbranched alkanes of at least 4 members (excludes halogenated alkanes) is 2. The van der Waals surface area contributed by atoms with E-state index in [0.717, 1.165) is 114 Å².